The third kappa shape index (κ3) is 5.03. The predicted octanol–water partition coefficient (Wildman–Crippen LogP) is 3.42. The van der Waals surface area contributed by atoms with Gasteiger partial charge in [-0.25, -0.2) is 19.1 Å². The lowest BCUT2D eigenvalue weighted by Crippen LogP contribution is -2.31. The minimum Gasteiger partial charge on any atom is -0.493 e. The molecule has 0 aliphatic carbocycles. The van der Waals surface area contributed by atoms with Crippen LogP contribution in [-0.4, -0.2) is 26.9 Å². The summed E-state index contributed by atoms with van der Waals surface area (Å²) in [5.74, 6) is -0.679. The molecule has 0 saturated heterocycles. The summed E-state index contributed by atoms with van der Waals surface area (Å²) in [4.78, 5) is 42.9. The quantitative estimate of drug-likeness (QED) is 0.313. The molecule has 0 fully saturated rings. The predicted molar refractivity (Wildman–Crippen MR) is 119 cm³/mol. The number of aryl methyl sites for hydroxylation is 1. The highest BCUT2D eigenvalue weighted by Gasteiger charge is 2.15. The topological polar surface area (TPSA) is 140 Å². The van der Waals surface area contributed by atoms with Crippen LogP contribution in [0, 0.1) is 17.6 Å². The van der Waals surface area contributed by atoms with E-state index in [1.807, 2.05) is 5.40 Å². The largest absolute Gasteiger partial charge is 0.493 e. The third-order valence-electron chi connectivity index (χ3n) is 4.12. The normalized spacial score (nSPS) is 10.7. The highest BCUT2D eigenvalue weighted by Crippen LogP contribution is 2.23. The zero-order valence-electron chi connectivity index (χ0n) is 15.9. The number of benzene rings is 2. The monoisotopic (exact) mass is 455 g/mol. The molecule has 0 bridgehead atoms. The Bertz CT molecular complexity index is 1340. The van der Waals surface area contributed by atoms with Gasteiger partial charge in [-0.3, -0.25) is 9.78 Å². The number of H-pyrrole nitrogens is 1. The molecule has 9 nitrogen and oxygen atoms in total. The van der Waals surface area contributed by atoms with Crippen LogP contribution in [0.5, 0.6) is 5.88 Å². The van der Waals surface area contributed by atoms with Gasteiger partial charge < -0.3 is 10.4 Å². The van der Waals surface area contributed by atoms with Crippen molar-refractivity contribution in [2.24, 2.45) is 4.99 Å². The van der Waals surface area contributed by atoms with Crippen LogP contribution in [0.25, 0.3) is 5.69 Å². The van der Waals surface area contributed by atoms with Gasteiger partial charge in [0.25, 0.3) is 5.56 Å². The molecule has 0 spiro atoms. The van der Waals surface area contributed by atoms with E-state index in [-0.39, 0.29) is 11.3 Å². The molecule has 0 saturated carbocycles. The second-order valence-corrected chi connectivity index (χ2v) is 7.46. The van der Waals surface area contributed by atoms with Gasteiger partial charge in [0.2, 0.25) is 5.88 Å². The van der Waals surface area contributed by atoms with Crippen LogP contribution in [-0.2, 0) is 0 Å². The standard InChI is InChI=1S/C20H14ClN5O4S/c1-11-8-14(31-10-22)6-7-16(11)24-19(29)23-9-15-17(27)25-20(30)26(18(15)28)13-4-2-12(21)3-5-13/h2-9,28H,1H3,(H,24,29)(H,25,27,30). The number of halogens is 1. The number of hydrogen-bond acceptors (Lipinski definition) is 6. The molecule has 0 atom stereocenters. The maximum Gasteiger partial charge on any atom is 0.345 e. The van der Waals surface area contributed by atoms with E-state index in [4.69, 9.17) is 16.9 Å². The number of urea groups is 1. The average Bonchev–Trinajstić information content (AvgIpc) is 2.71. The smallest absolute Gasteiger partial charge is 0.345 e. The summed E-state index contributed by atoms with van der Waals surface area (Å²) in [5.41, 5.74) is -0.708. The first-order valence-electron chi connectivity index (χ1n) is 8.66. The average molecular weight is 456 g/mol. The fourth-order valence-corrected chi connectivity index (χ4v) is 3.25. The number of aromatic nitrogens is 2. The Morgan fingerprint density at radius 1 is 1.29 bits per heavy atom. The van der Waals surface area contributed by atoms with Crippen molar-refractivity contribution >= 4 is 41.3 Å². The molecule has 0 radical (unpaired) electrons. The van der Waals surface area contributed by atoms with E-state index in [0.717, 1.165) is 27.4 Å². The number of amides is 2. The number of aromatic amines is 1. The maximum absolute atomic E-state index is 12.2. The molecule has 31 heavy (non-hydrogen) atoms. The third-order valence-corrected chi connectivity index (χ3v) is 4.95. The molecule has 0 aliphatic rings. The first-order chi connectivity index (χ1) is 14.8. The Kier molecular flexibility index (Phi) is 6.59. The number of nitriles is 1. The van der Waals surface area contributed by atoms with Crippen molar-refractivity contribution in [1.82, 2.24) is 9.55 Å². The second kappa shape index (κ2) is 9.34. The molecule has 0 aliphatic heterocycles. The van der Waals surface area contributed by atoms with Crippen molar-refractivity contribution in [3.63, 3.8) is 0 Å². The number of aromatic hydroxyl groups is 1. The van der Waals surface area contributed by atoms with Crippen molar-refractivity contribution in [2.75, 3.05) is 5.32 Å². The summed E-state index contributed by atoms with van der Waals surface area (Å²) < 4.78 is 0.854. The zero-order valence-corrected chi connectivity index (χ0v) is 17.5. The van der Waals surface area contributed by atoms with E-state index < -0.39 is 23.2 Å². The minimum atomic E-state index is -0.904. The molecular weight excluding hydrogens is 442 g/mol. The number of carbonyl (C=O) groups is 1. The lowest BCUT2D eigenvalue weighted by atomic mass is 10.2. The van der Waals surface area contributed by atoms with Crippen LogP contribution >= 0.6 is 23.4 Å². The lowest BCUT2D eigenvalue weighted by Gasteiger charge is -2.09. The molecule has 2 amide bonds. The van der Waals surface area contributed by atoms with Gasteiger partial charge in [-0.1, -0.05) is 11.6 Å². The van der Waals surface area contributed by atoms with Gasteiger partial charge in [-0.15, -0.1) is 0 Å². The van der Waals surface area contributed by atoms with E-state index in [1.165, 1.54) is 24.3 Å². The van der Waals surface area contributed by atoms with Gasteiger partial charge in [-0.05, 0) is 66.7 Å². The Morgan fingerprint density at radius 3 is 2.65 bits per heavy atom. The number of nitrogens with zero attached hydrogens (tertiary/aromatic N) is 3. The summed E-state index contributed by atoms with van der Waals surface area (Å²) in [6, 6.07) is 10.2. The first kappa shape index (κ1) is 21.9. The number of thioether (sulfide) groups is 1. The van der Waals surface area contributed by atoms with Crippen molar-refractivity contribution in [2.45, 2.75) is 11.8 Å². The summed E-state index contributed by atoms with van der Waals surface area (Å²) >= 11 is 6.82. The summed E-state index contributed by atoms with van der Waals surface area (Å²) in [5, 5.41) is 24.1. The zero-order chi connectivity index (χ0) is 22.5. The van der Waals surface area contributed by atoms with E-state index in [9.17, 15) is 19.5 Å². The van der Waals surface area contributed by atoms with Gasteiger partial charge in [-0.2, -0.15) is 5.26 Å². The molecule has 1 aromatic heterocycles. The number of nitrogens with one attached hydrogen (secondary N) is 2. The van der Waals surface area contributed by atoms with Crippen molar-refractivity contribution in [3.8, 4) is 17.0 Å². The molecular formula is C20H14ClN5O4S. The molecule has 156 valence electrons. The molecule has 3 N–H and O–H groups in total. The van der Waals surface area contributed by atoms with Gasteiger partial charge >= 0.3 is 11.7 Å². The first-order valence-corrected chi connectivity index (χ1v) is 9.85. The second-order valence-electron chi connectivity index (χ2n) is 6.17. The number of aliphatic imine (C=N–C) groups is 1. The summed E-state index contributed by atoms with van der Waals surface area (Å²) in [6.07, 6.45) is 0.866. The van der Waals surface area contributed by atoms with Crippen LogP contribution in [0.4, 0.5) is 10.5 Å². The molecule has 3 rings (SSSR count). The van der Waals surface area contributed by atoms with Gasteiger partial charge in [0.15, 0.2) is 0 Å². The van der Waals surface area contributed by atoms with Crippen molar-refractivity contribution in [1.29, 1.82) is 5.26 Å². The highest BCUT2D eigenvalue weighted by atomic mass is 35.5. The van der Waals surface area contributed by atoms with Crippen LogP contribution in [0.2, 0.25) is 5.02 Å². The highest BCUT2D eigenvalue weighted by molar-refractivity contribution is 8.03. The molecule has 2 aromatic carbocycles. The van der Waals surface area contributed by atoms with Crippen LogP contribution in [0.15, 0.2) is 61.9 Å². The van der Waals surface area contributed by atoms with E-state index in [2.05, 4.69) is 15.3 Å². The maximum atomic E-state index is 12.2. The summed E-state index contributed by atoms with van der Waals surface area (Å²) in [6.45, 7) is 1.75. The molecule has 1 heterocycles. The molecule has 3 aromatic rings. The molecule has 0 unspecified atom stereocenters. The van der Waals surface area contributed by atoms with Crippen LogP contribution in [0.3, 0.4) is 0 Å². The SMILES string of the molecule is Cc1cc(SC#N)ccc1NC(=O)N=Cc1c(O)n(-c2ccc(Cl)cc2)c(=O)[nH]c1=O. The number of anilines is 1. The van der Waals surface area contributed by atoms with E-state index in [0.29, 0.717) is 16.3 Å². The minimum absolute atomic E-state index is 0.258. The summed E-state index contributed by atoms with van der Waals surface area (Å²) in [7, 11) is 0. The fourth-order valence-electron chi connectivity index (χ4n) is 2.65. The Morgan fingerprint density at radius 2 is 2.00 bits per heavy atom. The Labute approximate surface area is 184 Å². The number of hydrogen-bond donors (Lipinski definition) is 3. The van der Waals surface area contributed by atoms with E-state index in [1.54, 1.807) is 25.1 Å². The van der Waals surface area contributed by atoms with Crippen LogP contribution in [0.1, 0.15) is 11.1 Å². The molecule has 11 heteroatoms. The van der Waals surface area contributed by atoms with Crippen molar-refractivity contribution in [3.05, 3.63) is 79.5 Å². The van der Waals surface area contributed by atoms with Gasteiger partial charge in [0, 0.05) is 15.6 Å². The number of carbonyl (C=O) groups excluding carboxylic acids is 1. The van der Waals surface area contributed by atoms with Crippen molar-refractivity contribution < 1.29 is 9.90 Å². The number of rotatable bonds is 4. The van der Waals surface area contributed by atoms with E-state index >= 15 is 0 Å². The number of thiocyanates is 1. The Balaban J connectivity index is 1.88. The Hall–Kier alpha value is -3.81. The lowest BCUT2D eigenvalue weighted by molar-refractivity contribution is 0.259. The van der Waals surface area contributed by atoms with Crippen LogP contribution < -0.4 is 16.6 Å². The fraction of sp³-hybridized carbons (Fsp3) is 0.0500. The van der Waals surface area contributed by atoms with Gasteiger partial charge in [0.05, 0.1) is 11.9 Å². The van der Waals surface area contributed by atoms with Gasteiger partial charge in [0.1, 0.15) is 11.0 Å².